The van der Waals surface area contributed by atoms with Gasteiger partial charge in [0, 0.05) is 0 Å². The van der Waals surface area contributed by atoms with E-state index in [-0.39, 0.29) is 19.1 Å². The van der Waals surface area contributed by atoms with Crippen molar-refractivity contribution >= 4 is 15.9 Å². The molecule has 9 heteroatoms. The van der Waals surface area contributed by atoms with E-state index in [4.69, 9.17) is 9.47 Å². The number of sulfonamides is 1. The van der Waals surface area contributed by atoms with Crippen molar-refractivity contribution in [3.05, 3.63) is 54.3 Å². The van der Waals surface area contributed by atoms with Crippen LogP contribution in [-0.4, -0.2) is 39.6 Å². The molecule has 0 bridgehead atoms. The van der Waals surface area contributed by atoms with Gasteiger partial charge in [0.1, 0.15) is 29.5 Å². The summed E-state index contributed by atoms with van der Waals surface area (Å²) in [7, 11) is -4.21. The van der Waals surface area contributed by atoms with Crippen LogP contribution in [-0.2, 0) is 14.8 Å². The number of para-hydroxylation sites is 2. The average molecular weight is 422 g/mol. The number of nitrogens with one attached hydrogen (secondary N) is 2. The van der Waals surface area contributed by atoms with Crippen molar-refractivity contribution in [2.45, 2.75) is 30.9 Å². The molecular formula is C20H23FN2O5S. The highest BCUT2D eigenvalue weighted by molar-refractivity contribution is 7.89. The smallest absolute Gasteiger partial charge is 0.244 e. The van der Waals surface area contributed by atoms with Gasteiger partial charge in [-0.3, -0.25) is 4.79 Å². The molecule has 1 aliphatic heterocycles. The Labute approximate surface area is 169 Å². The summed E-state index contributed by atoms with van der Waals surface area (Å²) >= 11 is 0. The number of carbonyl (C=O) groups excluding carboxylic acids is 1. The van der Waals surface area contributed by atoms with Gasteiger partial charge in [0.15, 0.2) is 11.5 Å². The Morgan fingerprint density at radius 3 is 2.48 bits per heavy atom. The lowest BCUT2D eigenvalue weighted by Gasteiger charge is -2.28. The van der Waals surface area contributed by atoms with E-state index in [9.17, 15) is 17.6 Å². The summed E-state index contributed by atoms with van der Waals surface area (Å²) < 4.78 is 52.7. The maximum Gasteiger partial charge on any atom is 0.244 e. The fourth-order valence-corrected chi connectivity index (χ4v) is 4.30. The number of carbonyl (C=O) groups is 1. The van der Waals surface area contributed by atoms with Crippen LogP contribution in [0.25, 0.3) is 0 Å². The normalized spacial score (nSPS) is 17.0. The Morgan fingerprint density at radius 2 is 1.79 bits per heavy atom. The maximum atomic E-state index is 13.9. The lowest BCUT2D eigenvalue weighted by atomic mass is 10.1. The molecule has 0 saturated heterocycles. The standard InChI is InChI=1S/C20H23FN2O5S/c1-13(2)19(23-29(25,26)18-10-6-3-7-15(18)21)20(24)22-11-14-12-27-16-8-4-5-9-17(16)28-14/h3-10,13-14,19,23H,11-12H2,1-2H3,(H,22,24)/t14?,19-/m0/s1. The molecule has 0 fully saturated rings. The van der Waals surface area contributed by atoms with E-state index < -0.39 is 38.8 Å². The predicted octanol–water partition coefficient (Wildman–Crippen LogP) is 2.08. The number of benzene rings is 2. The molecule has 1 amide bonds. The number of ether oxygens (including phenoxy) is 2. The molecule has 2 aromatic carbocycles. The molecule has 1 unspecified atom stereocenters. The van der Waals surface area contributed by atoms with E-state index in [2.05, 4.69) is 10.0 Å². The van der Waals surface area contributed by atoms with Gasteiger partial charge in [-0.25, -0.2) is 12.8 Å². The molecule has 0 saturated carbocycles. The lowest BCUT2D eigenvalue weighted by Crippen LogP contribution is -2.52. The molecule has 2 atom stereocenters. The zero-order valence-corrected chi connectivity index (χ0v) is 16.9. The Kier molecular flexibility index (Phi) is 6.39. The lowest BCUT2D eigenvalue weighted by molar-refractivity contribution is -0.124. The van der Waals surface area contributed by atoms with Crippen LogP contribution in [0.4, 0.5) is 4.39 Å². The van der Waals surface area contributed by atoms with Gasteiger partial charge >= 0.3 is 0 Å². The van der Waals surface area contributed by atoms with Gasteiger partial charge in [-0.1, -0.05) is 38.1 Å². The fraction of sp³-hybridized carbons (Fsp3) is 0.350. The van der Waals surface area contributed by atoms with Crippen LogP contribution in [0.15, 0.2) is 53.4 Å². The summed E-state index contributed by atoms with van der Waals surface area (Å²) in [6, 6.07) is 11.1. The number of rotatable bonds is 7. The molecule has 29 heavy (non-hydrogen) atoms. The largest absolute Gasteiger partial charge is 0.486 e. The summed E-state index contributed by atoms with van der Waals surface area (Å²) in [5.74, 6) is -0.552. The third kappa shape index (κ3) is 5.04. The van der Waals surface area contributed by atoms with Crippen LogP contribution in [0.3, 0.4) is 0 Å². The van der Waals surface area contributed by atoms with Crippen molar-refractivity contribution in [1.29, 1.82) is 0 Å². The highest BCUT2D eigenvalue weighted by Gasteiger charge is 2.30. The highest BCUT2D eigenvalue weighted by atomic mass is 32.2. The Balaban J connectivity index is 1.64. The van der Waals surface area contributed by atoms with Crippen LogP contribution in [0, 0.1) is 11.7 Å². The molecule has 7 nitrogen and oxygen atoms in total. The number of hydrogen-bond acceptors (Lipinski definition) is 5. The number of hydrogen-bond donors (Lipinski definition) is 2. The zero-order chi connectivity index (χ0) is 21.0. The second-order valence-electron chi connectivity index (χ2n) is 7.02. The second kappa shape index (κ2) is 8.79. The van der Waals surface area contributed by atoms with E-state index in [1.165, 1.54) is 12.1 Å². The van der Waals surface area contributed by atoms with E-state index >= 15 is 0 Å². The van der Waals surface area contributed by atoms with Crippen LogP contribution >= 0.6 is 0 Å². The van der Waals surface area contributed by atoms with Gasteiger partial charge in [-0.15, -0.1) is 0 Å². The molecule has 0 aromatic heterocycles. The van der Waals surface area contributed by atoms with Crippen molar-refractivity contribution in [2.75, 3.05) is 13.2 Å². The molecule has 2 aromatic rings. The van der Waals surface area contributed by atoms with Crippen molar-refractivity contribution in [3.8, 4) is 11.5 Å². The van der Waals surface area contributed by atoms with Gasteiger partial charge < -0.3 is 14.8 Å². The van der Waals surface area contributed by atoms with E-state index in [1.807, 2.05) is 12.1 Å². The highest BCUT2D eigenvalue weighted by Crippen LogP contribution is 2.30. The topological polar surface area (TPSA) is 93.7 Å². The van der Waals surface area contributed by atoms with Gasteiger partial charge in [0.25, 0.3) is 0 Å². The summed E-state index contributed by atoms with van der Waals surface area (Å²) in [6.45, 7) is 3.79. The molecule has 2 N–H and O–H groups in total. The summed E-state index contributed by atoms with van der Waals surface area (Å²) in [5, 5.41) is 2.69. The molecular weight excluding hydrogens is 399 g/mol. The summed E-state index contributed by atoms with van der Waals surface area (Å²) in [6.07, 6.45) is -0.412. The van der Waals surface area contributed by atoms with Crippen LogP contribution < -0.4 is 19.5 Å². The summed E-state index contributed by atoms with van der Waals surface area (Å²) in [4.78, 5) is 12.1. The van der Waals surface area contributed by atoms with Crippen molar-refractivity contribution < 1.29 is 27.1 Å². The first-order valence-corrected chi connectivity index (χ1v) is 10.7. The van der Waals surface area contributed by atoms with Gasteiger partial charge in [-0.05, 0) is 30.2 Å². The molecule has 1 aliphatic rings. The molecule has 0 aliphatic carbocycles. The summed E-state index contributed by atoms with van der Waals surface area (Å²) in [5.41, 5.74) is 0. The zero-order valence-electron chi connectivity index (χ0n) is 16.1. The quantitative estimate of drug-likeness (QED) is 0.713. The van der Waals surface area contributed by atoms with Crippen molar-refractivity contribution in [2.24, 2.45) is 5.92 Å². The molecule has 0 radical (unpaired) electrons. The Bertz CT molecular complexity index is 980. The third-order valence-corrected chi connectivity index (χ3v) is 5.90. The second-order valence-corrected chi connectivity index (χ2v) is 8.70. The van der Waals surface area contributed by atoms with Crippen molar-refractivity contribution in [3.63, 3.8) is 0 Å². The molecule has 3 rings (SSSR count). The minimum Gasteiger partial charge on any atom is -0.486 e. The first-order chi connectivity index (χ1) is 13.8. The maximum absolute atomic E-state index is 13.9. The number of halogens is 1. The van der Waals surface area contributed by atoms with Crippen LogP contribution in [0.5, 0.6) is 11.5 Å². The first-order valence-electron chi connectivity index (χ1n) is 9.21. The predicted molar refractivity (Wildman–Crippen MR) is 105 cm³/mol. The number of amides is 1. The molecule has 1 heterocycles. The Hall–Kier alpha value is -2.65. The minimum absolute atomic E-state index is 0.137. The molecule has 0 spiro atoms. The number of fused-ring (bicyclic) bond motifs is 1. The first kappa shape index (κ1) is 21.1. The Morgan fingerprint density at radius 1 is 1.14 bits per heavy atom. The SMILES string of the molecule is CC(C)[C@H](NS(=O)(=O)c1ccccc1F)C(=O)NCC1COc2ccccc2O1. The average Bonchev–Trinajstić information content (AvgIpc) is 2.70. The van der Waals surface area contributed by atoms with Crippen LogP contribution in [0.1, 0.15) is 13.8 Å². The monoisotopic (exact) mass is 422 g/mol. The molecule has 156 valence electrons. The van der Waals surface area contributed by atoms with E-state index in [0.29, 0.717) is 11.5 Å². The van der Waals surface area contributed by atoms with E-state index in [1.54, 1.807) is 26.0 Å². The van der Waals surface area contributed by atoms with Crippen LogP contribution in [0.2, 0.25) is 0 Å². The fourth-order valence-electron chi connectivity index (χ4n) is 2.87. The van der Waals surface area contributed by atoms with E-state index in [0.717, 1.165) is 12.1 Å². The van der Waals surface area contributed by atoms with Gasteiger partial charge in [0.05, 0.1) is 6.54 Å². The van der Waals surface area contributed by atoms with Crippen molar-refractivity contribution in [1.82, 2.24) is 10.0 Å². The van der Waals surface area contributed by atoms with Gasteiger partial charge in [0.2, 0.25) is 15.9 Å². The van der Waals surface area contributed by atoms with Gasteiger partial charge in [-0.2, -0.15) is 4.72 Å². The third-order valence-electron chi connectivity index (χ3n) is 4.43. The minimum atomic E-state index is -4.21.